The van der Waals surface area contributed by atoms with Crippen LogP contribution in [0.4, 0.5) is 4.39 Å². The molecular formula is C27H28FN3O4. The van der Waals surface area contributed by atoms with Gasteiger partial charge in [0.15, 0.2) is 0 Å². The maximum Gasteiger partial charge on any atom is 0.313 e. The van der Waals surface area contributed by atoms with E-state index in [1.165, 1.54) is 11.6 Å². The Morgan fingerprint density at radius 2 is 1.97 bits per heavy atom. The molecule has 8 heteroatoms. The molecule has 3 aromatic rings. The van der Waals surface area contributed by atoms with Gasteiger partial charge in [-0.15, -0.1) is 0 Å². The summed E-state index contributed by atoms with van der Waals surface area (Å²) in [5, 5.41) is 8.98. The smallest absolute Gasteiger partial charge is 0.313 e. The van der Waals surface area contributed by atoms with Gasteiger partial charge in [0.05, 0.1) is 41.5 Å². The fourth-order valence-electron chi connectivity index (χ4n) is 5.54. The summed E-state index contributed by atoms with van der Waals surface area (Å²) < 4.78 is 21.6. The van der Waals surface area contributed by atoms with Crippen molar-refractivity contribution in [3.05, 3.63) is 74.0 Å². The third kappa shape index (κ3) is 3.55. The molecule has 182 valence electrons. The number of pyridine rings is 2. The van der Waals surface area contributed by atoms with Crippen LogP contribution in [0.1, 0.15) is 59.1 Å². The van der Waals surface area contributed by atoms with Crippen LogP contribution in [-0.2, 0) is 35.5 Å². The first-order valence-electron chi connectivity index (χ1n) is 11.9. The summed E-state index contributed by atoms with van der Waals surface area (Å²) in [6, 6.07) is 3.46. The second kappa shape index (κ2) is 8.61. The number of hydrogen-bond acceptors (Lipinski definition) is 6. The van der Waals surface area contributed by atoms with Gasteiger partial charge in [0, 0.05) is 22.7 Å². The number of aliphatic hydroxyl groups is 1. The number of nitrogens with zero attached hydrogens (tertiary/aromatic N) is 2. The molecular weight excluding hydrogens is 449 g/mol. The number of fused-ring (bicyclic) bond motifs is 5. The summed E-state index contributed by atoms with van der Waals surface area (Å²) in [6.07, 6.45) is 3.30. The van der Waals surface area contributed by atoms with E-state index in [4.69, 9.17) is 20.6 Å². The maximum absolute atomic E-state index is 14.6. The molecule has 0 bridgehead atoms. The van der Waals surface area contributed by atoms with E-state index in [0.29, 0.717) is 35.3 Å². The highest BCUT2D eigenvalue weighted by molar-refractivity contribution is 5.92. The number of esters is 1. The molecule has 4 heterocycles. The van der Waals surface area contributed by atoms with Crippen molar-refractivity contribution in [2.24, 2.45) is 5.73 Å². The highest BCUT2D eigenvalue weighted by Gasteiger charge is 2.35. The van der Waals surface area contributed by atoms with Crippen molar-refractivity contribution in [3.63, 3.8) is 0 Å². The number of rotatable bonds is 2. The van der Waals surface area contributed by atoms with E-state index in [1.807, 2.05) is 19.9 Å². The number of aromatic nitrogens is 2. The molecule has 3 N–H and O–H groups in total. The third-order valence-corrected chi connectivity index (χ3v) is 7.29. The summed E-state index contributed by atoms with van der Waals surface area (Å²) in [5.74, 6) is -0.939. The number of hydrogen-bond donors (Lipinski definition) is 2. The summed E-state index contributed by atoms with van der Waals surface area (Å²) in [7, 11) is 0. The minimum atomic E-state index is -0.429. The Morgan fingerprint density at radius 3 is 2.66 bits per heavy atom. The minimum absolute atomic E-state index is 0.0247. The van der Waals surface area contributed by atoms with E-state index in [-0.39, 0.29) is 30.6 Å². The van der Waals surface area contributed by atoms with Gasteiger partial charge in [-0.05, 0) is 60.9 Å². The molecule has 2 aromatic heterocycles. The second-order valence-electron chi connectivity index (χ2n) is 9.37. The van der Waals surface area contributed by atoms with Crippen molar-refractivity contribution in [1.29, 1.82) is 0 Å². The molecule has 1 aliphatic carbocycles. The summed E-state index contributed by atoms with van der Waals surface area (Å²) in [5.41, 5.74) is 12.5. The molecule has 6 rings (SSSR count). The lowest BCUT2D eigenvalue weighted by Crippen LogP contribution is -2.32. The van der Waals surface area contributed by atoms with Crippen molar-refractivity contribution < 1.29 is 19.0 Å². The van der Waals surface area contributed by atoms with E-state index in [0.717, 1.165) is 52.7 Å². The molecule has 0 radical (unpaired) electrons. The van der Waals surface area contributed by atoms with Crippen LogP contribution in [0.3, 0.4) is 0 Å². The average molecular weight is 478 g/mol. The van der Waals surface area contributed by atoms with Crippen LogP contribution in [0.25, 0.3) is 22.3 Å². The van der Waals surface area contributed by atoms with E-state index >= 15 is 0 Å². The third-order valence-electron chi connectivity index (χ3n) is 7.29. The monoisotopic (exact) mass is 477 g/mol. The van der Waals surface area contributed by atoms with Crippen molar-refractivity contribution in [2.75, 3.05) is 6.61 Å². The molecule has 1 aromatic carbocycles. The van der Waals surface area contributed by atoms with Crippen LogP contribution in [0.2, 0.25) is 0 Å². The molecule has 0 fully saturated rings. The van der Waals surface area contributed by atoms with Crippen molar-refractivity contribution in [2.45, 2.75) is 58.6 Å². The number of aryl methyl sites for hydroxylation is 2. The number of nitrogens with two attached hydrogens (primary N) is 1. The Balaban J connectivity index is 0.000000464. The summed E-state index contributed by atoms with van der Waals surface area (Å²) in [4.78, 5) is 30.4. The Hall–Kier alpha value is -3.52. The zero-order chi connectivity index (χ0) is 25.0. The maximum atomic E-state index is 14.6. The lowest BCUT2D eigenvalue weighted by Gasteiger charge is -2.24. The lowest BCUT2D eigenvalue weighted by molar-refractivity contribution is -0.148. The molecule has 0 amide bonds. The van der Waals surface area contributed by atoms with E-state index in [2.05, 4.69) is 6.58 Å². The van der Waals surface area contributed by atoms with Gasteiger partial charge in [-0.2, -0.15) is 0 Å². The highest BCUT2D eigenvalue weighted by Crippen LogP contribution is 2.42. The lowest BCUT2D eigenvalue weighted by atomic mass is 9.84. The molecule has 0 saturated carbocycles. The largest absolute Gasteiger partial charge is 0.460 e. The van der Waals surface area contributed by atoms with Crippen LogP contribution in [0.15, 0.2) is 29.2 Å². The molecule has 0 saturated heterocycles. The predicted octanol–water partition coefficient (Wildman–Crippen LogP) is 3.36. The first kappa shape index (κ1) is 23.2. The first-order chi connectivity index (χ1) is 16.8. The zero-order valence-electron chi connectivity index (χ0n) is 19.9. The second-order valence-corrected chi connectivity index (χ2v) is 9.37. The number of ether oxygens (including phenoxy) is 1. The summed E-state index contributed by atoms with van der Waals surface area (Å²) >= 11 is 0. The molecule has 3 aliphatic rings. The molecule has 0 spiro atoms. The molecule has 7 nitrogen and oxygen atoms in total. The van der Waals surface area contributed by atoms with Crippen molar-refractivity contribution in [1.82, 2.24) is 9.55 Å². The van der Waals surface area contributed by atoms with Crippen LogP contribution in [0.5, 0.6) is 0 Å². The van der Waals surface area contributed by atoms with Crippen LogP contribution in [-0.4, -0.2) is 27.2 Å². The SMILES string of the molecule is C=C(N)CO.CCC1C(=O)OCc2c1cc1n(c2=O)Cc2c-1nc1cc(F)c(C)c3c1c2CCC3. The van der Waals surface area contributed by atoms with Gasteiger partial charge in [0.2, 0.25) is 0 Å². The van der Waals surface area contributed by atoms with E-state index in [9.17, 15) is 14.0 Å². The van der Waals surface area contributed by atoms with Crippen LogP contribution >= 0.6 is 0 Å². The Labute approximate surface area is 202 Å². The topological polar surface area (TPSA) is 107 Å². The molecule has 2 aliphatic heterocycles. The Morgan fingerprint density at radius 1 is 1.26 bits per heavy atom. The number of carbonyl (C=O) groups is 1. The van der Waals surface area contributed by atoms with Gasteiger partial charge >= 0.3 is 5.97 Å². The van der Waals surface area contributed by atoms with Crippen molar-refractivity contribution in [3.8, 4) is 11.4 Å². The van der Waals surface area contributed by atoms with Crippen molar-refractivity contribution >= 4 is 16.9 Å². The summed E-state index contributed by atoms with van der Waals surface area (Å²) in [6.45, 7) is 7.34. The zero-order valence-corrected chi connectivity index (χ0v) is 19.9. The Kier molecular flexibility index (Phi) is 5.71. The number of aliphatic hydroxyl groups excluding tert-OH is 1. The average Bonchev–Trinajstić information content (AvgIpc) is 3.22. The molecule has 1 unspecified atom stereocenters. The van der Waals surface area contributed by atoms with Gasteiger partial charge in [-0.3, -0.25) is 9.59 Å². The predicted molar refractivity (Wildman–Crippen MR) is 131 cm³/mol. The van der Waals surface area contributed by atoms with Crippen LogP contribution < -0.4 is 11.3 Å². The molecule has 35 heavy (non-hydrogen) atoms. The fraction of sp³-hybridized carbons (Fsp3) is 0.370. The van der Waals surface area contributed by atoms with Gasteiger partial charge in [-0.1, -0.05) is 13.5 Å². The normalized spacial score (nSPS) is 17.1. The number of halogens is 1. The number of cyclic esters (lactones) is 1. The Bertz CT molecular complexity index is 1470. The van der Waals surface area contributed by atoms with E-state index in [1.54, 1.807) is 4.57 Å². The van der Waals surface area contributed by atoms with Gasteiger partial charge in [0.1, 0.15) is 12.4 Å². The van der Waals surface area contributed by atoms with E-state index < -0.39 is 5.92 Å². The number of benzene rings is 1. The highest BCUT2D eigenvalue weighted by atomic mass is 19.1. The standard InChI is InChI=1S/C24H21FN2O3.C3H7NO/c1-3-12-15-7-20-22-16(9-27(20)23(28)17(15)10-30-24(12)29)14-6-4-5-13-11(2)18(25)8-19(26-22)21(13)14;1-3(4)2-5/h7-8,12H,3-6,9-10H2,1-2H3;5H,1-2,4H2. The fourth-order valence-corrected chi connectivity index (χ4v) is 5.54. The van der Waals surface area contributed by atoms with Gasteiger partial charge in [0.25, 0.3) is 5.56 Å². The van der Waals surface area contributed by atoms with Crippen LogP contribution in [0, 0.1) is 12.7 Å². The molecule has 1 atom stereocenters. The minimum Gasteiger partial charge on any atom is -0.460 e. The number of carbonyl (C=O) groups excluding carboxylic acids is 1. The first-order valence-corrected chi connectivity index (χ1v) is 11.9. The quantitative estimate of drug-likeness (QED) is 0.429. The van der Waals surface area contributed by atoms with Gasteiger partial charge < -0.3 is 20.1 Å². The van der Waals surface area contributed by atoms with Gasteiger partial charge in [-0.25, -0.2) is 9.37 Å².